The van der Waals surface area contributed by atoms with Crippen LogP contribution in [-0.4, -0.2) is 11.5 Å². The first-order valence-electron chi connectivity index (χ1n) is 6.17. The standard InChI is InChI=1S/C15H17ClN2/c1-2-18-15(9-12-5-4-8-17-11-12)13-6-3-7-14(16)10-13/h3-8,10-11,15,18H,2,9H2,1H3. The molecule has 18 heavy (non-hydrogen) atoms. The summed E-state index contributed by atoms with van der Waals surface area (Å²) < 4.78 is 0. The molecule has 1 aromatic carbocycles. The van der Waals surface area contributed by atoms with Gasteiger partial charge in [-0.1, -0.05) is 36.7 Å². The van der Waals surface area contributed by atoms with Gasteiger partial charge >= 0.3 is 0 Å². The van der Waals surface area contributed by atoms with E-state index in [2.05, 4.69) is 29.4 Å². The Kier molecular flexibility index (Phi) is 4.73. The number of pyridine rings is 1. The van der Waals surface area contributed by atoms with E-state index in [1.54, 1.807) is 6.20 Å². The summed E-state index contributed by atoms with van der Waals surface area (Å²) in [7, 11) is 0. The average Bonchev–Trinajstić information content (AvgIpc) is 2.39. The van der Waals surface area contributed by atoms with Crippen molar-refractivity contribution in [2.45, 2.75) is 19.4 Å². The van der Waals surface area contributed by atoms with Crippen molar-refractivity contribution in [2.75, 3.05) is 6.54 Å². The molecule has 0 fully saturated rings. The summed E-state index contributed by atoms with van der Waals surface area (Å²) >= 11 is 6.05. The number of rotatable bonds is 5. The van der Waals surface area contributed by atoms with Crippen molar-refractivity contribution >= 4 is 11.6 Å². The number of nitrogens with one attached hydrogen (secondary N) is 1. The first kappa shape index (κ1) is 13.1. The second-order valence-corrected chi connectivity index (χ2v) is 4.67. The second kappa shape index (κ2) is 6.53. The van der Waals surface area contributed by atoms with Gasteiger partial charge < -0.3 is 5.32 Å². The maximum absolute atomic E-state index is 6.05. The molecule has 94 valence electrons. The minimum Gasteiger partial charge on any atom is -0.310 e. The molecule has 1 aromatic heterocycles. The molecule has 0 saturated carbocycles. The van der Waals surface area contributed by atoms with Crippen LogP contribution in [0.15, 0.2) is 48.8 Å². The number of halogens is 1. The van der Waals surface area contributed by atoms with Gasteiger partial charge in [0.2, 0.25) is 0 Å². The van der Waals surface area contributed by atoms with Gasteiger partial charge in [0.1, 0.15) is 0 Å². The molecule has 0 aliphatic heterocycles. The molecule has 2 nitrogen and oxygen atoms in total. The van der Waals surface area contributed by atoms with Gasteiger partial charge in [-0.3, -0.25) is 4.98 Å². The Bertz CT molecular complexity index is 485. The second-order valence-electron chi connectivity index (χ2n) is 4.23. The van der Waals surface area contributed by atoms with E-state index < -0.39 is 0 Å². The predicted molar refractivity (Wildman–Crippen MR) is 75.8 cm³/mol. The number of benzene rings is 1. The van der Waals surface area contributed by atoms with Crippen molar-refractivity contribution in [3.8, 4) is 0 Å². The Morgan fingerprint density at radius 2 is 2.17 bits per heavy atom. The molecule has 2 aromatic rings. The van der Waals surface area contributed by atoms with Crippen molar-refractivity contribution in [1.29, 1.82) is 0 Å². The normalized spacial score (nSPS) is 12.3. The highest BCUT2D eigenvalue weighted by atomic mass is 35.5. The monoisotopic (exact) mass is 260 g/mol. The van der Waals surface area contributed by atoms with E-state index in [-0.39, 0.29) is 6.04 Å². The Balaban J connectivity index is 2.18. The fourth-order valence-electron chi connectivity index (χ4n) is 2.03. The zero-order valence-electron chi connectivity index (χ0n) is 10.4. The van der Waals surface area contributed by atoms with Crippen LogP contribution in [-0.2, 0) is 6.42 Å². The van der Waals surface area contributed by atoms with Crippen LogP contribution in [0.1, 0.15) is 24.1 Å². The van der Waals surface area contributed by atoms with Crippen molar-refractivity contribution in [1.82, 2.24) is 10.3 Å². The molecule has 0 aliphatic carbocycles. The molecule has 0 bridgehead atoms. The fourth-order valence-corrected chi connectivity index (χ4v) is 2.23. The van der Waals surface area contributed by atoms with Crippen molar-refractivity contribution in [2.24, 2.45) is 0 Å². The largest absolute Gasteiger partial charge is 0.310 e. The molecule has 0 saturated heterocycles. The minimum absolute atomic E-state index is 0.276. The lowest BCUT2D eigenvalue weighted by atomic mass is 10.00. The summed E-state index contributed by atoms with van der Waals surface area (Å²) in [4.78, 5) is 4.16. The molecule has 0 amide bonds. The molecule has 1 unspecified atom stereocenters. The maximum atomic E-state index is 6.05. The van der Waals surface area contributed by atoms with Crippen molar-refractivity contribution < 1.29 is 0 Å². The van der Waals surface area contributed by atoms with Crippen LogP contribution in [0.2, 0.25) is 5.02 Å². The summed E-state index contributed by atoms with van der Waals surface area (Å²) in [5.41, 5.74) is 2.44. The number of nitrogens with zero attached hydrogens (tertiary/aromatic N) is 1. The quantitative estimate of drug-likeness (QED) is 0.888. The summed E-state index contributed by atoms with van der Waals surface area (Å²) in [5, 5.41) is 4.27. The van der Waals surface area contributed by atoms with Gasteiger partial charge in [0, 0.05) is 23.5 Å². The molecule has 1 N–H and O–H groups in total. The van der Waals surface area contributed by atoms with E-state index in [1.165, 1.54) is 11.1 Å². The van der Waals surface area contributed by atoms with E-state index in [9.17, 15) is 0 Å². The number of hydrogen-bond acceptors (Lipinski definition) is 2. The number of hydrogen-bond donors (Lipinski definition) is 1. The molecular weight excluding hydrogens is 244 g/mol. The smallest absolute Gasteiger partial charge is 0.0409 e. The zero-order valence-corrected chi connectivity index (χ0v) is 11.2. The molecule has 2 rings (SSSR count). The highest BCUT2D eigenvalue weighted by molar-refractivity contribution is 6.30. The topological polar surface area (TPSA) is 24.9 Å². The average molecular weight is 261 g/mol. The van der Waals surface area contributed by atoms with Gasteiger partial charge in [-0.2, -0.15) is 0 Å². The van der Waals surface area contributed by atoms with Gasteiger partial charge in [0.05, 0.1) is 0 Å². The van der Waals surface area contributed by atoms with E-state index >= 15 is 0 Å². The van der Waals surface area contributed by atoms with Crippen LogP contribution in [0.3, 0.4) is 0 Å². The van der Waals surface area contributed by atoms with Crippen molar-refractivity contribution in [3.05, 3.63) is 64.9 Å². The lowest BCUT2D eigenvalue weighted by Crippen LogP contribution is -2.23. The lowest BCUT2D eigenvalue weighted by Gasteiger charge is -2.18. The van der Waals surface area contributed by atoms with E-state index in [1.807, 2.05) is 30.5 Å². The number of likely N-dealkylation sites (N-methyl/N-ethyl adjacent to an activating group) is 1. The summed E-state index contributed by atoms with van der Waals surface area (Å²) in [6.45, 7) is 3.04. The molecule has 1 heterocycles. The minimum atomic E-state index is 0.276. The Morgan fingerprint density at radius 1 is 1.28 bits per heavy atom. The third-order valence-corrected chi connectivity index (χ3v) is 3.10. The van der Waals surface area contributed by atoms with Crippen LogP contribution in [0.4, 0.5) is 0 Å². The molecule has 0 aliphatic rings. The molecular formula is C15H17ClN2. The first-order chi connectivity index (χ1) is 8.79. The van der Waals surface area contributed by atoms with Gasteiger partial charge in [-0.25, -0.2) is 0 Å². The molecule has 0 radical (unpaired) electrons. The van der Waals surface area contributed by atoms with Crippen LogP contribution < -0.4 is 5.32 Å². The van der Waals surface area contributed by atoms with Crippen LogP contribution in [0.5, 0.6) is 0 Å². The Hall–Kier alpha value is -1.38. The van der Waals surface area contributed by atoms with Gasteiger partial charge in [-0.15, -0.1) is 0 Å². The van der Waals surface area contributed by atoms with Crippen LogP contribution in [0.25, 0.3) is 0 Å². The van der Waals surface area contributed by atoms with Gasteiger partial charge in [0.15, 0.2) is 0 Å². The first-order valence-corrected chi connectivity index (χ1v) is 6.55. The molecule has 3 heteroatoms. The van der Waals surface area contributed by atoms with E-state index in [0.29, 0.717) is 0 Å². The van der Waals surface area contributed by atoms with Gasteiger partial charge in [0.25, 0.3) is 0 Å². The van der Waals surface area contributed by atoms with Gasteiger partial charge in [-0.05, 0) is 42.3 Å². The summed E-state index contributed by atoms with van der Waals surface area (Å²) in [5.74, 6) is 0. The Morgan fingerprint density at radius 3 is 2.83 bits per heavy atom. The zero-order chi connectivity index (χ0) is 12.8. The van der Waals surface area contributed by atoms with E-state index in [4.69, 9.17) is 11.6 Å². The SMILES string of the molecule is CCNC(Cc1cccnc1)c1cccc(Cl)c1. The number of aromatic nitrogens is 1. The van der Waals surface area contributed by atoms with Crippen LogP contribution in [0, 0.1) is 0 Å². The lowest BCUT2D eigenvalue weighted by molar-refractivity contribution is 0.549. The fraction of sp³-hybridized carbons (Fsp3) is 0.267. The highest BCUT2D eigenvalue weighted by Crippen LogP contribution is 2.21. The highest BCUT2D eigenvalue weighted by Gasteiger charge is 2.11. The van der Waals surface area contributed by atoms with Crippen molar-refractivity contribution in [3.63, 3.8) is 0 Å². The third kappa shape index (κ3) is 3.56. The third-order valence-electron chi connectivity index (χ3n) is 2.86. The van der Waals surface area contributed by atoms with E-state index in [0.717, 1.165) is 18.0 Å². The predicted octanol–water partition coefficient (Wildman–Crippen LogP) is 3.63. The molecule has 0 spiro atoms. The summed E-state index contributed by atoms with van der Waals surface area (Å²) in [6.07, 6.45) is 4.63. The maximum Gasteiger partial charge on any atom is 0.0409 e. The molecule has 1 atom stereocenters. The Labute approximate surface area is 113 Å². The summed E-state index contributed by atoms with van der Waals surface area (Å²) in [6, 6.07) is 12.4. The van der Waals surface area contributed by atoms with Crippen LogP contribution >= 0.6 is 11.6 Å².